The third-order valence-corrected chi connectivity index (χ3v) is 2.60. The van der Waals surface area contributed by atoms with Crippen molar-refractivity contribution in [2.45, 2.75) is 32.4 Å². The van der Waals surface area contributed by atoms with Gasteiger partial charge in [-0.1, -0.05) is 13.8 Å². The Hall–Kier alpha value is -0.570. The minimum atomic E-state index is -0.0764. The molecule has 3 saturated heterocycles. The summed E-state index contributed by atoms with van der Waals surface area (Å²) in [5, 5.41) is 3.18. The quantitative estimate of drug-likeness (QED) is 0.511. The molecule has 1 N–H and O–H groups in total. The number of carbonyl (C=O) groups is 1. The molecule has 0 aromatic carbocycles. The Morgan fingerprint density at radius 3 is 2.73 bits per heavy atom. The van der Waals surface area contributed by atoms with Crippen LogP contribution in [0.25, 0.3) is 0 Å². The minimum Gasteiger partial charge on any atom is -0.460 e. The Bertz CT molecular complexity index is 200. The zero-order valence-corrected chi connectivity index (χ0v) is 6.89. The lowest BCUT2D eigenvalue weighted by Crippen LogP contribution is -2.63. The van der Waals surface area contributed by atoms with Crippen molar-refractivity contribution in [3.8, 4) is 0 Å². The number of hydrogen-bond donors (Lipinski definition) is 1. The van der Waals surface area contributed by atoms with E-state index < -0.39 is 0 Å². The highest BCUT2D eigenvalue weighted by atomic mass is 16.6. The van der Waals surface area contributed by atoms with Crippen LogP contribution in [-0.4, -0.2) is 24.7 Å². The summed E-state index contributed by atoms with van der Waals surface area (Å²) in [6.07, 6.45) is 1.11. The lowest BCUT2D eigenvalue weighted by molar-refractivity contribution is -0.173. The lowest BCUT2D eigenvalue weighted by Gasteiger charge is -2.46. The molecule has 3 aliphatic heterocycles. The van der Waals surface area contributed by atoms with Gasteiger partial charge < -0.3 is 10.1 Å². The van der Waals surface area contributed by atoms with Gasteiger partial charge >= 0.3 is 5.97 Å². The van der Waals surface area contributed by atoms with E-state index in [1.165, 1.54) is 0 Å². The Morgan fingerprint density at radius 2 is 2.36 bits per heavy atom. The molecule has 0 radical (unpaired) electrons. The first-order valence-corrected chi connectivity index (χ1v) is 4.03. The number of nitrogens with one attached hydrogen (secondary N) is 1. The number of esters is 1. The molecule has 0 amide bonds. The van der Waals surface area contributed by atoms with Crippen molar-refractivity contribution in [1.82, 2.24) is 5.32 Å². The number of hydrogen-bond acceptors (Lipinski definition) is 3. The van der Waals surface area contributed by atoms with E-state index in [-0.39, 0.29) is 23.5 Å². The third-order valence-electron chi connectivity index (χ3n) is 2.60. The van der Waals surface area contributed by atoms with Crippen LogP contribution in [0, 0.1) is 5.41 Å². The van der Waals surface area contributed by atoms with Gasteiger partial charge in [0.15, 0.2) is 0 Å². The number of ether oxygens (including phenoxy) is 1. The summed E-state index contributed by atoms with van der Waals surface area (Å²) < 4.78 is 5.12. The average Bonchev–Trinajstić information content (AvgIpc) is 1.83. The van der Waals surface area contributed by atoms with Crippen molar-refractivity contribution in [2.24, 2.45) is 5.41 Å². The van der Waals surface area contributed by atoms with Crippen LogP contribution in [0.2, 0.25) is 0 Å². The first-order valence-electron chi connectivity index (χ1n) is 4.03. The molecule has 0 saturated carbocycles. The molecule has 3 nitrogen and oxygen atoms in total. The summed E-state index contributed by atoms with van der Waals surface area (Å²) in [6, 6.07) is -0.0764. The molecule has 3 fully saturated rings. The molecular formula is C8H13NO2. The van der Waals surface area contributed by atoms with Gasteiger partial charge in [0.1, 0.15) is 12.1 Å². The van der Waals surface area contributed by atoms with Gasteiger partial charge in [0.05, 0.1) is 0 Å². The van der Waals surface area contributed by atoms with Gasteiger partial charge in [-0.15, -0.1) is 0 Å². The highest BCUT2D eigenvalue weighted by Gasteiger charge is 2.47. The first-order chi connectivity index (χ1) is 5.09. The molecule has 62 valence electrons. The maximum atomic E-state index is 11.2. The van der Waals surface area contributed by atoms with E-state index >= 15 is 0 Å². The first kappa shape index (κ1) is 7.10. The Morgan fingerprint density at radius 1 is 1.64 bits per heavy atom. The molecule has 0 aliphatic carbocycles. The molecule has 3 rings (SSSR count). The van der Waals surface area contributed by atoms with Gasteiger partial charge in [0.25, 0.3) is 0 Å². The third kappa shape index (κ3) is 0.948. The summed E-state index contributed by atoms with van der Waals surface area (Å²) in [6.45, 7) is 5.05. The standard InChI is InChI=1S/C8H13NO2/c1-8(2)3-5-4-9-6(8)7(10)11-5/h5-6,9H,3-4H2,1-2H3/t5-,6+/m1/s1. The van der Waals surface area contributed by atoms with E-state index in [2.05, 4.69) is 19.2 Å². The molecule has 3 aliphatic rings. The second-order valence-electron chi connectivity index (χ2n) is 4.09. The number of piperidine rings is 1. The molecule has 0 aromatic rings. The van der Waals surface area contributed by atoms with E-state index in [0.29, 0.717) is 0 Å². The Labute approximate surface area is 66.1 Å². The molecule has 0 aromatic heterocycles. The molecule has 2 atom stereocenters. The van der Waals surface area contributed by atoms with Crippen LogP contribution >= 0.6 is 0 Å². The van der Waals surface area contributed by atoms with Crippen molar-refractivity contribution in [2.75, 3.05) is 6.54 Å². The van der Waals surface area contributed by atoms with Crippen molar-refractivity contribution >= 4 is 5.97 Å². The van der Waals surface area contributed by atoms with Gasteiger partial charge in [0.2, 0.25) is 0 Å². The summed E-state index contributed by atoms with van der Waals surface area (Å²) in [5.74, 6) is -0.0718. The molecular weight excluding hydrogens is 142 g/mol. The van der Waals surface area contributed by atoms with Crippen molar-refractivity contribution in [1.29, 1.82) is 0 Å². The van der Waals surface area contributed by atoms with Crippen molar-refractivity contribution in [3.63, 3.8) is 0 Å². The average molecular weight is 155 g/mol. The van der Waals surface area contributed by atoms with E-state index in [0.717, 1.165) is 13.0 Å². The van der Waals surface area contributed by atoms with E-state index in [4.69, 9.17) is 4.74 Å². The fourth-order valence-corrected chi connectivity index (χ4v) is 2.02. The number of morpholine rings is 1. The molecule has 0 unspecified atom stereocenters. The van der Waals surface area contributed by atoms with E-state index in [9.17, 15) is 4.79 Å². The van der Waals surface area contributed by atoms with E-state index in [1.807, 2.05) is 0 Å². The topological polar surface area (TPSA) is 38.3 Å². The number of rotatable bonds is 0. The molecule has 0 spiro atoms. The van der Waals surface area contributed by atoms with Crippen molar-refractivity contribution in [3.05, 3.63) is 0 Å². The van der Waals surface area contributed by atoms with Crippen LogP contribution in [0.5, 0.6) is 0 Å². The smallest absolute Gasteiger partial charge is 0.324 e. The SMILES string of the molecule is CC1(C)C[C@@H]2CN[C@H]1C(=O)O2. The zero-order valence-electron chi connectivity index (χ0n) is 6.89. The Balaban J connectivity index is 2.26. The maximum absolute atomic E-state index is 11.2. The summed E-state index contributed by atoms with van der Waals surface area (Å²) in [7, 11) is 0. The minimum absolute atomic E-state index is 0.0718. The normalized spacial score (nSPS) is 40.4. The van der Waals surface area contributed by atoms with Crippen LogP contribution in [0.15, 0.2) is 0 Å². The predicted molar refractivity (Wildman–Crippen MR) is 40.1 cm³/mol. The highest BCUT2D eigenvalue weighted by molar-refractivity contribution is 5.78. The van der Waals surface area contributed by atoms with Crippen LogP contribution in [0.3, 0.4) is 0 Å². The van der Waals surface area contributed by atoms with Crippen molar-refractivity contribution < 1.29 is 9.53 Å². The molecule has 3 heteroatoms. The summed E-state index contributed by atoms with van der Waals surface area (Å²) in [5.41, 5.74) is 0.0816. The van der Waals surface area contributed by atoms with Gasteiger partial charge in [-0.05, 0) is 11.8 Å². The fourth-order valence-electron chi connectivity index (χ4n) is 2.02. The summed E-state index contributed by atoms with van der Waals surface area (Å²) in [4.78, 5) is 11.2. The largest absolute Gasteiger partial charge is 0.460 e. The van der Waals surface area contributed by atoms with Gasteiger partial charge in [-0.2, -0.15) is 0 Å². The van der Waals surface area contributed by atoms with Gasteiger partial charge in [-0.3, -0.25) is 4.79 Å². The molecule has 11 heavy (non-hydrogen) atoms. The fraction of sp³-hybridized carbons (Fsp3) is 0.875. The lowest BCUT2D eigenvalue weighted by atomic mass is 9.74. The van der Waals surface area contributed by atoms with Crippen LogP contribution in [-0.2, 0) is 9.53 Å². The van der Waals surface area contributed by atoms with Crippen LogP contribution in [0.1, 0.15) is 20.3 Å². The zero-order chi connectivity index (χ0) is 8.06. The monoisotopic (exact) mass is 155 g/mol. The second-order valence-corrected chi connectivity index (χ2v) is 4.09. The Kier molecular flexibility index (Phi) is 1.27. The van der Waals surface area contributed by atoms with Gasteiger partial charge in [-0.25, -0.2) is 0 Å². The second kappa shape index (κ2) is 1.97. The molecule has 2 bridgehead atoms. The maximum Gasteiger partial charge on any atom is 0.324 e. The van der Waals surface area contributed by atoms with Crippen LogP contribution in [0.4, 0.5) is 0 Å². The summed E-state index contributed by atoms with van der Waals surface area (Å²) >= 11 is 0. The van der Waals surface area contributed by atoms with E-state index in [1.54, 1.807) is 0 Å². The molecule has 3 heterocycles. The number of carbonyl (C=O) groups excluding carboxylic acids is 1. The van der Waals surface area contributed by atoms with Gasteiger partial charge in [0, 0.05) is 6.54 Å². The highest BCUT2D eigenvalue weighted by Crippen LogP contribution is 2.36. The predicted octanol–water partition coefficient (Wildman–Crippen LogP) is 0.300. The number of fused-ring (bicyclic) bond motifs is 3. The van der Waals surface area contributed by atoms with Crippen LogP contribution < -0.4 is 5.32 Å².